The van der Waals surface area contributed by atoms with Crippen molar-refractivity contribution in [2.75, 3.05) is 12.2 Å². The van der Waals surface area contributed by atoms with Crippen molar-refractivity contribution in [1.29, 1.82) is 0 Å². The number of carboxylic acid groups (broad SMARTS) is 1. The number of nitrogens with one attached hydrogen (secondary N) is 1. The minimum absolute atomic E-state index is 0.0926. The number of fused-ring (bicyclic) bond motifs is 1. The van der Waals surface area contributed by atoms with Crippen molar-refractivity contribution in [3.05, 3.63) is 52.5 Å². The van der Waals surface area contributed by atoms with Crippen molar-refractivity contribution in [2.45, 2.75) is 0 Å². The molecule has 0 unspecified atom stereocenters. The second kappa shape index (κ2) is 5.95. The van der Waals surface area contributed by atoms with Gasteiger partial charge in [-0.25, -0.2) is 0 Å². The lowest BCUT2D eigenvalue weighted by Crippen LogP contribution is -2.22. The Morgan fingerprint density at radius 3 is 2.86 bits per heavy atom. The SMILES string of the molecule is O=C([O-])c1cc(N/N=C\c2ccc3c(c2)OCO3)ccc1Cl. The highest BCUT2D eigenvalue weighted by molar-refractivity contribution is 6.33. The van der Waals surface area contributed by atoms with E-state index < -0.39 is 5.97 Å². The first-order valence-corrected chi connectivity index (χ1v) is 6.71. The molecule has 1 N–H and O–H groups in total. The summed E-state index contributed by atoms with van der Waals surface area (Å²) in [4.78, 5) is 10.9. The summed E-state index contributed by atoms with van der Waals surface area (Å²) in [5, 5.41) is 15.0. The summed E-state index contributed by atoms with van der Waals surface area (Å²) in [5.74, 6) is 0.0180. The first kappa shape index (κ1) is 14.2. The number of hydrogen-bond donors (Lipinski definition) is 1. The van der Waals surface area contributed by atoms with E-state index in [1.807, 2.05) is 6.07 Å². The number of nitrogens with zero attached hydrogens (tertiary/aromatic N) is 1. The number of carbonyl (C=O) groups excluding carboxylic acids is 1. The van der Waals surface area contributed by atoms with Crippen LogP contribution in [-0.4, -0.2) is 19.0 Å². The molecule has 0 fully saturated rings. The van der Waals surface area contributed by atoms with Crippen LogP contribution in [0.5, 0.6) is 11.5 Å². The van der Waals surface area contributed by atoms with E-state index in [0.29, 0.717) is 17.2 Å². The Hall–Kier alpha value is -2.73. The van der Waals surface area contributed by atoms with E-state index in [4.69, 9.17) is 21.1 Å². The van der Waals surface area contributed by atoms with Crippen molar-refractivity contribution in [3.63, 3.8) is 0 Å². The minimum Gasteiger partial charge on any atom is -0.545 e. The molecule has 22 heavy (non-hydrogen) atoms. The summed E-state index contributed by atoms with van der Waals surface area (Å²) in [6.45, 7) is 0.213. The molecule has 0 radical (unpaired) electrons. The smallest absolute Gasteiger partial charge is 0.231 e. The average Bonchev–Trinajstić information content (AvgIpc) is 2.96. The molecule has 0 aromatic heterocycles. The summed E-state index contributed by atoms with van der Waals surface area (Å²) in [6.07, 6.45) is 1.58. The molecule has 0 atom stereocenters. The van der Waals surface area contributed by atoms with E-state index >= 15 is 0 Å². The molecule has 7 heteroatoms. The minimum atomic E-state index is -1.34. The molecule has 2 aromatic carbocycles. The van der Waals surface area contributed by atoms with E-state index in [-0.39, 0.29) is 17.4 Å². The third kappa shape index (κ3) is 2.96. The Labute approximate surface area is 130 Å². The number of benzene rings is 2. The molecule has 0 bridgehead atoms. The van der Waals surface area contributed by atoms with Gasteiger partial charge in [0, 0.05) is 10.6 Å². The second-order valence-corrected chi connectivity index (χ2v) is 4.87. The number of carbonyl (C=O) groups is 1. The average molecular weight is 318 g/mol. The molecule has 3 rings (SSSR count). The normalized spacial score (nSPS) is 12.6. The quantitative estimate of drug-likeness (QED) is 0.687. The number of ether oxygens (including phenoxy) is 2. The monoisotopic (exact) mass is 317 g/mol. The standard InChI is InChI=1S/C15H11ClN2O4/c16-12-3-2-10(6-11(12)15(19)20)18-17-7-9-1-4-13-14(5-9)22-8-21-13/h1-7,18H,8H2,(H,19,20)/p-1/b17-7-. The lowest BCUT2D eigenvalue weighted by Gasteiger charge is -2.07. The number of halogens is 1. The molecular formula is C15H10ClN2O4-. The fourth-order valence-corrected chi connectivity index (χ4v) is 2.12. The fourth-order valence-electron chi connectivity index (χ4n) is 1.93. The highest BCUT2D eigenvalue weighted by atomic mass is 35.5. The van der Waals surface area contributed by atoms with Gasteiger partial charge in [-0.2, -0.15) is 5.10 Å². The zero-order chi connectivity index (χ0) is 15.5. The molecule has 0 aliphatic carbocycles. The van der Waals surface area contributed by atoms with Gasteiger partial charge in [-0.1, -0.05) is 11.6 Å². The van der Waals surface area contributed by atoms with Gasteiger partial charge >= 0.3 is 0 Å². The topological polar surface area (TPSA) is 83.0 Å². The number of rotatable bonds is 4. The lowest BCUT2D eigenvalue weighted by atomic mass is 10.2. The van der Waals surface area contributed by atoms with Crippen molar-refractivity contribution < 1.29 is 19.4 Å². The maximum atomic E-state index is 10.9. The van der Waals surface area contributed by atoms with Crippen LogP contribution in [0.2, 0.25) is 5.02 Å². The van der Waals surface area contributed by atoms with E-state index in [1.165, 1.54) is 12.1 Å². The van der Waals surface area contributed by atoms with Gasteiger partial charge in [-0.15, -0.1) is 0 Å². The van der Waals surface area contributed by atoms with Crippen LogP contribution >= 0.6 is 11.6 Å². The van der Waals surface area contributed by atoms with Gasteiger partial charge in [0.1, 0.15) is 0 Å². The van der Waals surface area contributed by atoms with Crippen LogP contribution in [0.1, 0.15) is 15.9 Å². The van der Waals surface area contributed by atoms with Gasteiger partial charge in [0.25, 0.3) is 0 Å². The first-order chi connectivity index (χ1) is 10.6. The van der Waals surface area contributed by atoms with E-state index in [2.05, 4.69) is 10.5 Å². The first-order valence-electron chi connectivity index (χ1n) is 6.33. The molecule has 0 saturated heterocycles. The molecule has 1 heterocycles. The molecule has 1 aliphatic heterocycles. The fraction of sp³-hybridized carbons (Fsp3) is 0.0667. The Balaban J connectivity index is 1.72. The third-order valence-electron chi connectivity index (χ3n) is 2.99. The van der Waals surface area contributed by atoms with Crippen molar-refractivity contribution in [2.24, 2.45) is 5.10 Å². The van der Waals surface area contributed by atoms with Gasteiger partial charge in [-0.3, -0.25) is 5.43 Å². The maximum Gasteiger partial charge on any atom is 0.231 e. The van der Waals surface area contributed by atoms with Crippen LogP contribution < -0.4 is 20.0 Å². The predicted octanol–water partition coefficient (Wildman–Crippen LogP) is 1.88. The van der Waals surface area contributed by atoms with Crippen LogP contribution in [0.4, 0.5) is 5.69 Å². The van der Waals surface area contributed by atoms with E-state index in [1.54, 1.807) is 24.4 Å². The third-order valence-corrected chi connectivity index (χ3v) is 3.32. The highest BCUT2D eigenvalue weighted by Crippen LogP contribution is 2.32. The number of hydrazone groups is 1. The molecule has 6 nitrogen and oxygen atoms in total. The molecule has 2 aromatic rings. The van der Waals surface area contributed by atoms with Crippen LogP contribution in [0.15, 0.2) is 41.5 Å². The van der Waals surface area contributed by atoms with Crippen LogP contribution in [0.3, 0.4) is 0 Å². The molecule has 112 valence electrons. The van der Waals surface area contributed by atoms with Crippen LogP contribution in [0.25, 0.3) is 0 Å². The molecule has 0 amide bonds. The predicted molar refractivity (Wildman–Crippen MR) is 79.6 cm³/mol. The summed E-state index contributed by atoms with van der Waals surface area (Å²) in [6, 6.07) is 9.85. The maximum absolute atomic E-state index is 10.9. The number of carboxylic acids is 1. The van der Waals surface area contributed by atoms with Crippen molar-refractivity contribution >= 4 is 29.5 Å². The zero-order valence-corrected chi connectivity index (χ0v) is 12.0. The van der Waals surface area contributed by atoms with Crippen LogP contribution in [0, 0.1) is 0 Å². The largest absolute Gasteiger partial charge is 0.545 e. The number of anilines is 1. The van der Waals surface area contributed by atoms with Gasteiger partial charge < -0.3 is 19.4 Å². The number of hydrogen-bond acceptors (Lipinski definition) is 6. The summed E-state index contributed by atoms with van der Waals surface area (Å²) in [7, 11) is 0. The summed E-state index contributed by atoms with van der Waals surface area (Å²) >= 11 is 5.76. The second-order valence-electron chi connectivity index (χ2n) is 4.46. The molecular weight excluding hydrogens is 308 g/mol. The van der Waals surface area contributed by atoms with Gasteiger partial charge in [0.15, 0.2) is 11.5 Å². The zero-order valence-electron chi connectivity index (χ0n) is 11.2. The Morgan fingerprint density at radius 2 is 2.05 bits per heavy atom. The number of aromatic carboxylic acids is 1. The lowest BCUT2D eigenvalue weighted by molar-refractivity contribution is -0.255. The van der Waals surface area contributed by atoms with E-state index in [9.17, 15) is 9.90 Å². The molecule has 1 aliphatic rings. The van der Waals surface area contributed by atoms with Gasteiger partial charge in [0.2, 0.25) is 6.79 Å². The Bertz CT molecular complexity index is 761. The van der Waals surface area contributed by atoms with E-state index in [0.717, 1.165) is 5.56 Å². The van der Waals surface area contributed by atoms with Crippen molar-refractivity contribution in [1.82, 2.24) is 0 Å². The summed E-state index contributed by atoms with van der Waals surface area (Å²) in [5.41, 5.74) is 3.94. The molecule has 0 spiro atoms. The van der Waals surface area contributed by atoms with Gasteiger partial charge in [0.05, 0.1) is 17.9 Å². The Kier molecular flexibility index (Phi) is 3.84. The van der Waals surface area contributed by atoms with Crippen molar-refractivity contribution in [3.8, 4) is 11.5 Å². The van der Waals surface area contributed by atoms with Gasteiger partial charge in [-0.05, 0) is 42.0 Å². The Morgan fingerprint density at radius 1 is 1.23 bits per heavy atom. The van der Waals surface area contributed by atoms with Crippen LogP contribution in [-0.2, 0) is 0 Å². The highest BCUT2D eigenvalue weighted by Gasteiger charge is 2.12. The summed E-state index contributed by atoms with van der Waals surface area (Å²) < 4.78 is 10.5. The molecule has 0 saturated carbocycles.